The molecule has 0 radical (unpaired) electrons. The van der Waals surface area contributed by atoms with Crippen LogP contribution in [-0.2, 0) is 18.4 Å². The number of hydrogen-bond acceptors (Lipinski definition) is 3. The molecule has 0 atom stereocenters. The summed E-state index contributed by atoms with van der Waals surface area (Å²) in [6.07, 6.45) is 7.06. The molecule has 5 nitrogen and oxygen atoms in total. The van der Waals surface area contributed by atoms with E-state index in [1.165, 1.54) is 6.42 Å². The SMILES string of the molecule is CN(C)C(=O)C1(NCc2c(Br)cnn2C)CCCCC1. The van der Waals surface area contributed by atoms with Crippen molar-refractivity contribution >= 4 is 21.8 Å². The number of carbonyl (C=O) groups excluding carboxylic acids is 1. The quantitative estimate of drug-likeness (QED) is 0.911. The maximum Gasteiger partial charge on any atom is 0.242 e. The standard InChI is InChI=1S/C14H23BrN4O/c1-18(2)13(20)14(7-5-4-6-8-14)16-10-12-11(15)9-17-19(12)3/h9,16H,4-8,10H2,1-3H3. The third kappa shape index (κ3) is 3.06. The summed E-state index contributed by atoms with van der Waals surface area (Å²) in [5, 5.41) is 7.74. The predicted octanol–water partition coefficient (Wildman–Crippen LogP) is 2.06. The van der Waals surface area contributed by atoms with Crippen LogP contribution >= 0.6 is 15.9 Å². The number of hydrogen-bond donors (Lipinski definition) is 1. The molecule has 1 aromatic rings. The highest BCUT2D eigenvalue weighted by molar-refractivity contribution is 9.10. The lowest BCUT2D eigenvalue weighted by atomic mass is 9.80. The Kier molecular flexibility index (Phi) is 4.86. The summed E-state index contributed by atoms with van der Waals surface area (Å²) in [6, 6.07) is 0. The highest BCUT2D eigenvalue weighted by Gasteiger charge is 2.40. The number of rotatable bonds is 4. The second kappa shape index (κ2) is 6.26. The topological polar surface area (TPSA) is 50.2 Å². The van der Waals surface area contributed by atoms with Crippen LogP contribution in [0.25, 0.3) is 0 Å². The number of carbonyl (C=O) groups is 1. The third-order valence-electron chi connectivity index (χ3n) is 4.13. The maximum absolute atomic E-state index is 12.6. The van der Waals surface area contributed by atoms with Gasteiger partial charge in [0.1, 0.15) is 0 Å². The second-order valence-corrected chi connectivity index (χ2v) is 6.61. The predicted molar refractivity (Wildman–Crippen MR) is 82.3 cm³/mol. The van der Waals surface area contributed by atoms with Crippen molar-refractivity contribution in [3.63, 3.8) is 0 Å². The summed E-state index contributed by atoms with van der Waals surface area (Å²) in [5.74, 6) is 0.190. The summed E-state index contributed by atoms with van der Waals surface area (Å²) >= 11 is 3.51. The molecule has 20 heavy (non-hydrogen) atoms. The monoisotopic (exact) mass is 342 g/mol. The summed E-state index contributed by atoms with van der Waals surface area (Å²) in [4.78, 5) is 14.3. The number of aryl methyl sites for hydroxylation is 1. The summed E-state index contributed by atoms with van der Waals surface area (Å²) < 4.78 is 2.82. The molecule has 1 fully saturated rings. The van der Waals surface area contributed by atoms with Gasteiger partial charge in [-0.05, 0) is 28.8 Å². The maximum atomic E-state index is 12.6. The van der Waals surface area contributed by atoms with Crippen molar-refractivity contribution < 1.29 is 4.79 Å². The van der Waals surface area contributed by atoms with E-state index in [0.29, 0.717) is 6.54 Å². The zero-order valence-electron chi connectivity index (χ0n) is 12.4. The largest absolute Gasteiger partial charge is 0.347 e. The Hall–Kier alpha value is -0.880. The first-order chi connectivity index (χ1) is 9.46. The summed E-state index contributed by atoms with van der Waals surface area (Å²) in [5.41, 5.74) is 0.660. The fraction of sp³-hybridized carbons (Fsp3) is 0.714. The van der Waals surface area contributed by atoms with Gasteiger partial charge in [0, 0.05) is 27.7 Å². The van der Waals surface area contributed by atoms with Gasteiger partial charge >= 0.3 is 0 Å². The molecule has 0 spiro atoms. The van der Waals surface area contributed by atoms with Gasteiger partial charge in [-0.2, -0.15) is 5.10 Å². The Bertz CT molecular complexity index is 458. The minimum absolute atomic E-state index is 0.190. The lowest BCUT2D eigenvalue weighted by Gasteiger charge is -2.38. The second-order valence-electron chi connectivity index (χ2n) is 5.76. The van der Waals surface area contributed by atoms with Gasteiger partial charge in [-0.25, -0.2) is 0 Å². The van der Waals surface area contributed by atoms with Crippen LogP contribution in [0.5, 0.6) is 0 Å². The zero-order valence-corrected chi connectivity index (χ0v) is 14.0. The number of nitrogens with one attached hydrogen (secondary N) is 1. The van der Waals surface area contributed by atoms with E-state index >= 15 is 0 Å². The van der Waals surface area contributed by atoms with Crippen molar-refractivity contribution in [1.29, 1.82) is 0 Å². The molecular weight excluding hydrogens is 320 g/mol. The molecule has 0 aromatic carbocycles. The Morgan fingerprint density at radius 3 is 2.60 bits per heavy atom. The van der Waals surface area contributed by atoms with E-state index < -0.39 is 5.54 Å². The molecule has 1 heterocycles. The van der Waals surface area contributed by atoms with E-state index in [2.05, 4.69) is 26.3 Å². The zero-order chi connectivity index (χ0) is 14.8. The molecule has 112 valence electrons. The average molecular weight is 343 g/mol. The summed E-state index contributed by atoms with van der Waals surface area (Å²) in [6.45, 7) is 0.649. The molecule has 1 aromatic heterocycles. The van der Waals surface area contributed by atoms with Crippen LogP contribution in [0.2, 0.25) is 0 Å². The van der Waals surface area contributed by atoms with Gasteiger partial charge in [0.05, 0.1) is 21.9 Å². The molecule has 1 saturated carbocycles. The van der Waals surface area contributed by atoms with E-state index in [0.717, 1.165) is 35.8 Å². The van der Waals surface area contributed by atoms with E-state index in [4.69, 9.17) is 0 Å². The fourth-order valence-corrected chi connectivity index (χ4v) is 3.43. The minimum atomic E-state index is -0.411. The van der Waals surface area contributed by atoms with Crippen molar-refractivity contribution in [1.82, 2.24) is 20.0 Å². The molecule has 6 heteroatoms. The Labute approximate surface area is 128 Å². The van der Waals surface area contributed by atoms with Crippen LogP contribution in [-0.4, -0.2) is 40.2 Å². The number of aromatic nitrogens is 2. The van der Waals surface area contributed by atoms with Crippen molar-refractivity contribution in [3.8, 4) is 0 Å². The van der Waals surface area contributed by atoms with Crippen LogP contribution in [0.1, 0.15) is 37.8 Å². The van der Waals surface area contributed by atoms with Gasteiger partial charge in [0.15, 0.2) is 0 Å². The molecule has 0 unspecified atom stereocenters. The third-order valence-corrected chi connectivity index (χ3v) is 4.79. The molecule has 0 aliphatic heterocycles. The van der Waals surface area contributed by atoms with Crippen LogP contribution in [0, 0.1) is 0 Å². The van der Waals surface area contributed by atoms with Gasteiger partial charge in [-0.3, -0.25) is 14.8 Å². The van der Waals surface area contributed by atoms with Crippen molar-refractivity contribution in [2.75, 3.05) is 14.1 Å². The first kappa shape index (κ1) is 15.5. The van der Waals surface area contributed by atoms with E-state index in [9.17, 15) is 4.79 Å². The van der Waals surface area contributed by atoms with Crippen LogP contribution < -0.4 is 5.32 Å². The highest BCUT2D eigenvalue weighted by atomic mass is 79.9. The number of amides is 1. The lowest BCUT2D eigenvalue weighted by molar-refractivity contribution is -0.137. The van der Waals surface area contributed by atoms with Crippen LogP contribution in [0.15, 0.2) is 10.7 Å². The lowest BCUT2D eigenvalue weighted by Crippen LogP contribution is -2.57. The van der Waals surface area contributed by atoms with Gasteiger partial charge in [-0.1, -0.05) is 19.3 Å². The summed E-state index contributed by atoms with van der Waals surface area (Å²) in [7, 11) is 5.59. The van der Waals surface area contributed by atoms with Crippen LogP contribution in [0.4, 0.5) is 0 Å². The Balaban J connectivity index is 2.14. The van der Waals surface area contributed by atoms with Crippen molar-refractivity contribution in [2.24, 2.45) is 7.05 Å². The first-order valence-electron chi connectivity index (χ1n) is 7.09. The number of likely N-dealkylation sites (N-methyl/N-ethyl adjacent to an activating group) is 1. The van der Waals surface area contributed by atoms with Crippen LogP contribution in [0.3, 0.4) is 0 Å². The highest BCUT2D eigenvalue weighted by Crippen LogP contribution is 2.30. The molecule has 0 bridgehead atoms. The molecule has 1 aliphatic rings. The van der Waals surface area contributed by atoms with E-state index in [-0.39, 0.29) is 5.91 Å². The molecule has 1 amide bonds. The van der Waals surface area contributed by atoms with E-state index in [1.807, 2.05) is 25.8 Å². The molecule has 0 saturated heterocycles. The van der Waals surface area contributed by atoms with Gasteiger partial charge in [0.25, 0.3) is 0 Å². The smallest absolute Gasteiger partial charge is 0.242 e. The van der Waals surface area contributed by atoms with Gasteiger partial charge in [0.2, 0.25) is 5.91 Å². The Morgan fingerprint density at radius 1 is 1.45 bits per heavy atom. The minimum Gasteiger partial charge on any atom is -0.347 e. The van der Waals surface area contributed by atoms with Gasteiger partial charge < -0.3 is 4.90 Å². The Morgan fingerprint density at radius 2 is 2.10 bits per heavy atom. The normalized spacial score (nSPS) is 18.0. The molecular formula is C14H23BrN4O. The van der Waals surface area contributed by atoms with Crippen molar-refractivity contribution in [2.45, 2.75) is 44.2 Å². The van der Waals surface area contributed by atoms with E-state index in [1.54, 1.807) is 11.1 Å². The van der Waals surface area contributed by atoms with Gasteiger partial charge in [-0.15, -0.1) is 0 Å². The number of halogens is 1. The van der Waals surface area contributed by atoms with Crippen molar-refractivity contribution in [3.05, 3.63) is 16.4 Å². The fourth-order valence-electron chi connectivity index (χ4n) is 2.94. The molecule has 2 rings (SSSR count). The molecule has 1 aliphatic carbocycles. The number of nitrogens with zero attached hydrogens (tertiary/aromatic N) is 3. The average Bonchev–Trinajstić information content (AvgIpc) is 2.76. The molecule has 1 N–H and O–H groups in total. The first-order valence-corrected chi connectivity index (χ1v) is 7.89.